The van der Waals surface area contributed by atoms with E-state index in [0.717, 1.165) is 29.1 Å². The second kappa shape index (κ2) is 7.79. The minimum absolute atomic E-state index is 0.282. The van der Waals surface area contributed by atoms with Gasteiger partial charge in [-0.25, -0.2) is 4.79 Å². The standard InChI is InChI=1S/C14H17Cl3O2S/c1-3-5-8-20-12-9(4-2)10(13(18)19)6-7-11(12)14(15,16)17/h6-7H,3-5,8H2,1-2H3,(H,18,19). The van der Waals surface area contributed by atoms with E-state index in [1.165, 1.54) is 6.07 Å². The Bertz CT molecular complexity index is 484. The minimum atomic E-state index is -1.55. The number of carbonyl (C=O) groups is 1. The lowest BCUT2D eigenvalue weighted by atomic mass is 10.0. The number of hydrogen-bond acceptors (Lipinski definition) is 2. The highest BCUT2D eigenvalue weighted by molar-refractivity contribution is 7.99. The number of benzene rings is 1. The van der Waals surface area contributed by atoms with Crippen molar-refractivity contribution in [2.75, 3.05) is 5.75 Å². The van der Waals surface area contributed by atoms with Crippen molar-refractivity contribution in [3.8, 4) is 0 Å². The van der Waals surface area contributed by atoms with Gasteiger partial charge in [-0.2, -0.15) is 0 Å². The monoisotopic (exact) mass is 354 g/mol. The third-order valence-corrected chi connectivity index (χ3v) is 4.75. The molecule has 112 valence electrons. The van der Waals surface area contributed by atoms with E-state index in [-0.39, 0.29) is 5.56 Å². The molecular weight excluding hydrogens is 339 g/mol. The third-order valence-electron chi connectivity index (χ3n) is 2.89. The van der Waals surface area contributed by atoms with Crippen molar-refractivity contribution in [1.82, 2.24) is 0 Å². The number of rotatable bonds is 6. The van der Waals surface area contributed by atoms with Gasteiger partial charge in [0.05, 0.1) is 5.56 Å². The second-order valence-corrected chi connectivity index (χ2v) is 7.71. The molecule has 20 heavy (non-hydrogen) atoms. The van der Waals surface area contributed by atoms with Crippen molar-refractivity contribution < 1.29 is 9.90 Å². The van der Waals surface area contributed by atoms with Crippen molar-refractivity contribution in [3.63, 3.8) is 0 Å². The number of carboxylic acids is 1. The Morgan fingerprint density at radius 2 is 1.95 bits per heavy atom. The lowest BCUT2D eigenvalue weighted by molar-refractivity contribution is 0.0695. The molecule has 0 heterocycles. The molecule has 0 aliphatic rings. The quantitative estimate of drug-likeness (QED) is 0.406. The van der Waals surface area contributed by atoms with E-state index in [9.17, 15) is 9.90 Å². The highest BCUT2D eigenvalue weighted by Crippen LogP contribution is 2.45. The SMILES string of the molecule is CCCCSc1c(C(Cl)(Cl)Cl)ccc(C(=O)O)c1CC. The first-order valence-electron chi connectivity index (χ1n) is 6.42. The first-order valence-corrected chi connectivity index (χ1v) is 8.54. The molecule has 6 heteroatoms. The van der Waals surface area contributed by atoms with Gasteiger partial charge in [-0.3, -0.25) is 0 Å². The fourth-order valence-corrected chi connectivity index (χ4v) is 3.97. The molecule has 0 spiro atoms. The van der Waals surface area contributed by atoms with Crippen molar-refractivity contribution in [1.29, 1.82) is 0 Å². The number of alkyl halides is 3. The second-order valence-electron chi connectivity index (χ2n) is 4.33. The Morgan fingerprint density at radius 3 is 2.40 bits per heavy atom. The Morgan fingerprint density at radius 1 is 1.30 bits per heavy atom. The zero-order chi connectivity index (χ0) is 15.3. The normalized spacial score (nSPS) is 11.7. The Balaban J connectivity index is 3.35. The summed E-state index contributed by atoms with van der Waals surface area (Å²) in [5.74, 6) is -0.0737. The highest BCUT2D eigenvalue weighted by Gasteiger charge is 2.29. The number of hydrogen-bond donors (Lipinski definition) is 1. The molecule has 0 atom stereocenters. The Kier molecular flexibility index (Phi) is 6.99. The van der Waals surface area contributed by atoms with E-state index in [1.54, 1.807) is 17.8 Å². The predicted molar refractivity (Wildman–Crippen MR) is 87.6 cm³/mol. The average molecular weight is 356 g/mol. The molecule has 0 saturated carbocycles. The van der Waals surface area contributed by atoms with Crippen LogP contribution in [0.3, 0.4) is 0 Å². The maximum Gasteiger partial charge on any atom is 0.336 e. The van der Waals surface area contributed by atoms with Crippen LogP contribution in [0.4, 0.5) is 0 Å². The highest BCUT2D eigenvalue weighted by atomic mass is 35.6. The molecule has 0 aliphatic heterocycles. The number of aromatic carboxylic acids is 1. The van der Waals surface area contributed by atoms with Crippen molar-refractivity contribution in [2.24, 2.45) is 0 Å². The number of halogens is 3. The molecule has 0 aromatic heterocycles. The number of thioether (sulfide) groups is 1. The molecule has 0 unspecified atom stereocenters. The van der Waals surface area contributed by atoms with Crippen LogP contribution in [0.15, 0.2) is 17.0 Å². The van der Waals surface area contributed by atoms with Gasteiger partial charge in [0.2, 0.25) is 3.79 Å². The van der Waals surface area contributed by atoms with E-state index in [2.05, 4.69) is 6.92 Å². The van der Waals surface area contributed by atoms with E-state index in [1.807, 2.05) is 6.92 Å². The summed E-state index contributed by atoms with van der Waals surface area (Å²) < 4.78 is -1.55. The van der Waals surface area contributed by atoms with E-state index >= 15 is 0 Å². The molecule has 1 aromatic rings. The molecule has 0 fully saturated rings. The molecule has 1 rings (SSSR count). The summed E-state index contributed by atoms with van der Waals surface area (Å²) in [7, 11) is 0. The number of carboxylic acid groups (broad SMARTS) is 1. The fraction of sp³-hybridized carbons (Fsp3) is 0.500. The summed E-state index contributed by atoms with van der Waals surface area (Å²) in [6.45, 7) is 4.01. The first-order chi connectivity index (χ1) is 9.32. The van der Waals surface area contributed by atoms with Crippen LogP contribution in [-0.4, -0.2) is 16.8 Å². The molecule has 1 N–H and O–H groups in total. The van der Waals surface area contributed by atoms with Crippen LogP contribution in [0.25, 0.3) is 0 Å². The van der Waals surface area contributed by atoms with Gasteiger partial charge in [0.25, 0.3) is 0 Å². The average Bonchev–Trinajstić information content (AvgIpc) is 2.36. The smallest absolute Gasteiger partial charge is 0.336 e. The Hall–Kier alpha value is -0.0900. The summed E-state index contributed by atoms with van der Waals surface area (Å²) in [6, 6.07) is 3.12. The maximum atomic E-state index is 11.3. The Labute approximate surface area is 138 Å². The van der Waals surface area contributed by atoms with Crippen molar-refractivity contribution in [3.05, 3.63) is 28.8 Å². The molecule has 0 bridgehead atoms. The van der Waals surface area contributed by atoms with Gasteiger partial charge in [0.1, 0.15) is 0 Å². The molecule has 1 aromatic carbocycles. The molecule has 0 radical (unpaired) electrons. The van der Waals surface area contributed by atoms with E-state index in [4.69, 9.17) is 34.8 Å². The summed E-state index contributed by atoms with van der Waals surface area (Å²) in [5, 5.41) is 9.28. The summed E-state index contributed by atoms with van der Waals surface area (Å²) in [6.07, 6.45) is 2.69. The van der Waals surface area contributed by atoms with Crippen molar-refractivity contribution in [2.45, 2.75) is 41.8 Å². The molecular formula is C14H17Cl3O2S. The molecule has 0 amide bonds. The van der Waals surface area contributed by atoms with Gasteiger partial charge in [-0.05, 0) is 30.2 Å². The fourth-order valence-electron chi connectivity index (χ4n) is 1.89. The van der Waals surface area contributed by atoms with E-state index in [0.29, 0.717) is 12.0 Å². The third kappa shape index (κ3) is 4.45. The predicted octanol–water partition coefficient (Wildman–Crippen LogP) is 5.67. The lowest BCUT2D eigenvalue weighted by Gasteiger charge is -2.20. The van der Waals surface area contributed by atoms with Gasteiger partial charge in [0, 0.05) is 10.5 Å². The lowest BCUT2D eigenvalue weighted by Crippen LogP contribution is -2.10. The van der Waals surface area contributed by atoms with Crippen LogP contribution in [0, 0.1) is 0 Å². The zero-order valence-corrected chi connectivity index (χ0v) is 14.5. The van der Waals surface area contributed by atoms with Gasteiger partial charge in [-0.15, -0.1) is 11.8 Å². The maximum absolute atomic E-state index is 11.3. The molecule has 2 nitrogen and oxygen atoms in total. The summed E-state index contributed by atoms with van der Waals surface area (Å²) >= 11 is 19.6. The molecule has 0 aliphatic carbocycles. The van der Waals surface area contributed by atoms with E-state index < -0.39 is 9.76 Å². The van der Waals surface area contributed by atoms with Crippen LogP contribution in [0.5, 0.6) is 0 Å². The van der Waals surface area contributed by atoms with Gasteiger partial charge < -0.3 is 5.11 Å². The first kappa shape index (κ1) is 18.0. The van der Waals surface area contributed by atoms with Crippen LogP contribution in [0.2, 0.25) is 0 Å². The van der Waals surface area contributed by atoms with Gasteiger partial charge in [-0.1, -0.05) is 61.1 Å². The van der Waals surface area contributed by atoms with Gasteiger partial charge in [0.15, 0.2) is 0 Å². The van der Waals surface area contributed by atoms with Crippen LogP contribution >= 0.6 is 46.6 Å². The zero-order valence-electron chi connectivity index (χ0n) is 11.4. The van der Waals surface area contributed by atoms with Crippen molar-refractivity contribution >= 4 is 52.5 Å². The van der Waals surface area contributed by atoms with Crippen LogP contribution in [0.1, 0.15) is 48.2 Å². The largest absolute Gasteiger partial charge is 0.478 e. The molecule has 0 saturated heterocycles. The number of unbranched alkanes of at least 4 members (excludes halogenated alkanes) is 1. The summed E-state index contributed by atoms with van der Waals surface area (Å²) in [4.78, 5) is 12.1. The summed E-state index contributed by atoms with van der Waals surface area (Å²) in [5.41, 5.74) is 1.58. The van der Waals surface area contributed by atoms with Crippen LogP contribution < -0.4 is 0 Å². The minimum Gasteiger partial charge on any atom is -0.478 e. The van der Waals surface area contributed by atoms with Crippen LogP contribution in [-0.2, 0) is 10.2 Å². The van der Waals surface area contributed by atoms with Gasteiger partial charge >= 0.3 is 5.97 Å². The topological polar surface area (TPSA) is 37.3 Å².